The zero-order chi connectivity index (χ0) is 27.8. The summed E-state index contributed by atoms with van der Waals surface area (Å²) in [5, 5.41) is 15.6. The summed E-state index contributed by atoms with van der Waals surface area (Å²) in [5.41, 5.74) is 1.47. The lowest BCUT2D eigenvalue weighted by Crippen LogP contribution is -2.57. The lowest BCUT2D eigenvalue weighted by Gasteiger charge is -2.26. The van der Waals surface area contributed by atoms with E-state index in [0.717, 1.165) is 5.56 Å². The zero-order valence-corrected chi connectivity index (χ0v) is 21.7. The fourth-order valence-electron chi connectivity index (χ4n) is 3.95. The van der Waals surface area contributed by atoms with Gasteiger partial charge in [0.1, 0.15) is 11.7 Å². The number of carbonyl (C=O) groups excluding carboxylic acids is 4. The summed E-state index contributed by atoms with van der Waals surface area (Å²) in [7, 11) is 0.0397. The Morgan fingerprint density at radius 3 is 2.42 bits per heavy atom. The van der Waals surface area contributed by atoms with E-state index in [9.17, 15) is 24.3 Å². The number of amides is 2. The molecule has 0 spiro atoms. The number of rotatable bonds is 11. The highest BCUT2D eigenvalue weighted by molar-refractivity contribution is 6.51. The minimum absolute atomic E-state index is 0.0618. The van der Waals surface area contributed by atoms with Crippen LogP contribution in [0.2, 0.25) is 0 Å². The zero-order valence-electron chi connectivity index (χ0n) is 21.7. The van der Waals surface area contributed by atoms with Crippen molar-refractivity contribution >= 4 is 30.9 Å². The quantitative estimate of drug-likeness (QED) is 0.291. The topological polar surface area (TPSA) is 153 Å². The largest absolute Gasteiger partial charge is 0.552 e. The number of carbonyl (C=O) groups is 4. The molecule has 0 radical (unpaired) electrons. The Balaban J connectivity index is 1.72. The molecule has 1 aliphatic heterocycles. The van der Waals surface area contributed by atoms with E-state index in [0.29, 0.717) is 12.1 Å². The second-order valence-corrected chi connectivity index (χ2v) is 9.42. The average molecular weight is 525 g/mol. The molecule has 0 aliphatic carbocycles. The lowest BCUT2D eigenvalue weighted by molar-refractivity contribution is -0.147. The number of pyridine rings is 1. The van der Waals surface area contributed by atoms with Crippen LogP contribution < -0.4 is 10.6 Å². The van der Waals surface area contributed by atoms with Crippen LogP contribution in [0.15, 0.2) is 48.5 Å². The average Bonchev–Trinajstić information content (AvgIpc) is 3.26. The molecule has 0 saturated carbocycles. The van der Waals surface area contributed by atoms with Gasteiger partial charge in [-0.05, 0) is 31.4 Å². The Bertz CT molecular complexity index is 1140. The maximum absolute atomic E-state index is 13.2. The van der Waals surface area contributed by atoms with Crippen LogP contribution in [0.1, 0.15) is 44.1 Å². The van der Waals surface area contributed by atoms with Crippen LogP contribution in [-0.2, 0) is 28.4 Å². The minimum Gasteiger partial charge on any atom is -0.506 e. The second kappa shape index (κ2) is 13.2. The monoisotopic (exact) mass is 525 g/mol. The maximum atomic E-state index is 13.2. The number of methoxy groups -OCH3 is 1. The van der Waals surface area contributed by atoms with Gasteiger partial charge in [0.15, 0.2) is 6.10 Å². The fourth-order valence-corrected chi connectivity index (χ4v) is 3.95. The number of nitrogens with one attached hydrogen (secondary N) is 2. The van der Waals surface area contributed by atoms with Gasteiger partial charge in [-0.2, -0.15) is 0 Å². The molecule has 202 valence electrons. The first-order valence-corrected chi connectivity index (χ1v) is 12.3. The molecule has 1 aliphatic rings. The van der Waals surface area contributed by atoms with Crippen molar-refractivity contribution in [3.8, 4) is 11.3 Å². The maximum Gasteiger partial charge on any atom is 0.552 e. The van der Waals surface area contributed by atoms with Crippen LogP contribution in [0.5, 0.6) is 0 Å². The Morgan fingerprint density at radius 1 is 1.08 bits per heavy atom. The number of ether oxygens (including phenoxy) is 1. The Labute approximate surface area is 221 Å². The molecule has 2 amide bonds. The standard InChI is InChI=1S/C26H32BN3O8/c1-15(2)13-21(27-37-20(26(35)38-27)14-22(32)36-4)29-25(34)23(16(3)31)30-24(33)19-12-8-11-18(28-19)17-9-6-5-7-10-17/h5-12,15-16,20-21,23,31H,13-14H2,1-4H3,(H,29,34)(H,30,33)/t16-,20+,21+,23+/m1/s1. The molecule has 1 aromatic heterocycles. The van der Waals surface area contributed by atoms with E-state index in [2.05, 4.69) is 20.4 Å². The van der Waals surface area contributed by atoms with Crippen LogP contribution in [0.4, 0.5) is 0 Å². The summed E-state index contributed by atoms with van der Waals surface area (Å²) < 4.78 is 15.5. The van der Waals surface area contributed by atoms with E-state index in [4.69, 9.17) is 9.31 Å². The third-order valence-electron chi connectivity index (χ3n) is 5.86. The number of aliphatic hydroxyl groups is 1. The molecule has 0 bridgehead atoms. The highest BCUT2D eigenvalue weighted by atomic mass is 16.7. The molecule has 3 rings (SSSR count). The molecular weight excluding hydrogens is 493 g/mol. The van der Waals surface area contributed by atoms with Gasteiger partial charge in [-0.25, -0.2) is 4.98 Å². The predicted molar refractivity (Wildman–Crippen MR) is 137 cm³/mol. The number of aromatic nitrogens is 1. The molecule has 4 atom stereocenters. The Morgan fingerprint density at radius 2 is 1.79 bits per heavy atom. The van der Waals surface area contributed by atoms with Crippen molar-refractivity contribution in [2.75, 3.05) is 7.11 Å². The van der Waals surface area contributed by atoms with Crippen LogP contribution in [-0.4, -0.2) is 72.3 Å². The number of nitrogens with zero attached hydrogens (tertiary/aromatic N) is 1. The third kappa shape index (κ3) is 7.62. The van der Waals surface area contributed by atoms with Crippen molar-refractivity contribution in [2.45, 2.75) is 57.8 Å². The summed E-state index contributed by atoms with van der Waals surface area (Å²) in [5.74, 6) is -3.47. The molecule has 3 N–H and O–H groups in total. The van der Waals surface area contributed by atoms with Crippen LogP contribution >= 0.6 is 0 Å². The van der Waals surface area contributed by atoms with Crippen molar-refractivity contribution in [1.29, 1.82) is 0 Å². The second-order valence-electron chi connectivity index (χ2n) is 9.42. The normalized spacial score (nSPS) is 17.4. The van der Waals surface area contributed by atoms with Crippen LogP contribution in [0, 0.1) is 5.92 Å². The van der Waals surface area contributed by atoms with E-state index in [1.807, 2.05) is 44.2 Å². The van der Waals surface area contributed by atoms with Crippen molar-refractivity contribution in [3.63, 3.8) is 0 Å². The lowest BCUT2D eigenvalue weighted by atomic mass is 9.74. The minimum atomic E-state index is -1.33. The van der Waals surface area contributed by atoms with Crippen molar-refractivity contribution < 1.29 is 38.3 Å². The first-order valence-electron chi connectivity index (χ1n) is 12.3. The number of esters is 1. The molecular formula is C26H32BN3O8. The van der Waals surface area contributed by atoms with Crippen molar-refractivity contribution in [1.82, 2.24) is 15.6 Å². The highest BCUT2D eigenvalue weighted by Crippen LogP contribution is 2.20. The van der Waals surface area contributed by atoms with Crippen LogP contribution in [0.3, 0.4) is 0 Å². The molecule has 38 heavy (non-hydrogen) atoms. The number of aliphatic hydroxyl groups excluding tert-OH is 1. The number of hydrogen-bond acceptors (Lipinski definition) is 9. The van der Waals surface area contributed by atoms with Gasteiger partial charge in [0.25, 0.3) is 5.91 Å². The molecule has 11 nitrogen and oxygen atoms in total. The summed E-state index contributed by atoms with van der Waals surface area (Å²) in [6.07, 6.45) is -2.38. The summed E-state index contributed by atoms with van der Waals surface area (Å²) >= 11 is 0. The van der Waals surface area contributed by atoms with Gasteiger partial charge < -0.3 is 29.8 Å². The summed E-state index contributed by atoms with van der Waals surface area (Å²) in [6.45, 7) is 5.18. The first-order chi connectivity index (χ1) is 18.1. The van der Waals surface area contributed by atoms with E-state index < -0.39 is 55.1 Å². The summed E-state index contributed by atoms with van der Waals surface area (Å²) in [6, 6.07) is 12.9. The Hall–Kier alpha value is -3.77. The SMILES string of the molecule is COC(=O)C[C@@H]1OB([C@H](CC(C)C)NC(=O)[C@@H](NC(=O)c2cccc(-c3ccccc3)n2)[C@@H](C)O)OC1=O. The van der Waals surface area contributed by atoms with Gasteiger partial charge in [0.05, 0.1) is 31.3 Å². The molecule has 1 fully saturated rings. The molecule has 2 aromatic rings. The van der Waals surface area contributed by atoms with Gasteiger partial charge in [-0.1, -0.05) is 50.2 Å². The number of hydrogen-bond donors (Lipinski definition) is 3. The van der Waals surface area contributed by atoms with Gasteiger partial charge in [-0.3, -0.25) is 19.2 Å². The van der Waals surface area contributed by atoms with Gasteiger partial charge >= 0.3 is 19.1 Å². The van der Waals surface area contributed by atoms with Gasteiger partial charge in [0, 0.05) is 5.56 Å². The van der Waals surface area contributed by atoms with Gasteiger partial charge in [0.2, 0.25) is 5.91 Å². The predicted octanol–water partition coefficient (Wildman–Crippen LogP) is 1.29. The number of benzene rings is 1. The molecule has 1 saturated heterocycles. The molecule has 0 unspecified atom stereocenters. The van der Waals surface area contributed by atoms with E-state index in [1.165, 1.54) is 20.1 Å². The molecule has 2 heterocycles. The third-order valence-corrected chi connectivity index (χ3v) is 5.86. The van der Waals surface area contributed by atoms with E-state index in [1.54, 1.807) is 12.1 Å². The smallest absolute Gasteiger partial charge is 0.506 e. The highest BCUT2D eigenvalue weighted by Gasteiger charge is 2.47. The van der Waals surface area contributed by atoms with E-state index >= 15 is 0 Å². The molecule has 1 aromatic carbocycles. The van der Waals surface area contributed by atoms with Crippen LogP contribution in [0.25, 0.3) is 11.3 Å². The Kier molecular flexibility index (Phi) is 9.97. The van der Waals surface area contributed by atoms with Crippen molar-refractivity contribution in [2.24, 2.45) is 5.92 Å². The fraction of sp³-hybridized carbons (Fsp3) is 0.423. The van der Waals surface area contributed by atoms with E-state index in [-0.39, 0.29) is 18.0 Å². The molecule has 12 heteroatoms. The van der Waals surface area contributed by atoms with Gasteiger partial charge in [-0.15, -0.1) is 0 Å². The first kappa shape index (κ1) is 28.8. The van der Waals surface area contributed by atoms with Crippen molar-refractivity contribution in [3.05, 3.63) is 54.2 Å². The summed E-state index contributed by atoms with van der Waals surface area (Å²) in [4.78, 5) is 54.4.